The van der Waals surface area contributed by atoms with Crippen molar-refractivity contribution in [2.45, 2.75) is 32.9 Å². The molecule has 3 aromatic rings. The first kappa shape index (κ1) is 19.8. The van der Waals surface area contributed by atoms with E-state index in [1.165, 1.54) is 0 Å². The van der Waals surface area contributed by atoms with Crippen molar-refractivity contribution in [3.05, 3.63) is 52.2 Å². The molecule has 0 saturated heterocycles. The predicted molar refractivity (Wildman–Crippen MR) is 112 cm³/mol. The normalized spacial score (nSPS) is 11.3. The largest absolute Gasteiger partial charge is 0.369 e. The van der Waals surface area contributed by atoms with Crippen molar-refractivity contribution in [2.75, 3.05) is 31.7 Å². The molecule has 0 aliphatic rings. The minimum atomic E-state index is -0.157. The van der Waals surface area contributed by atoms with Crippen LogP contribution in [0.4, 0.5) is 11.8 Å². The summed E-state index contributed by atoms with van der Waals surface area (Å²) >= 11 is 0. The summed E-state index contributed by atoms with van der Waals surface area (Å²) in [5, 5.41) is 3.68. The van der Waals surface area contributed by atoms with E-state index in [1.54, 1.807) is 16.8 Å². The Kier molecular flexibility index (Phi) is 6.20. The van der Waals surface area contributed by atoms with E-state index in [1.807, 2.05) is 32.4 Å². The second-order valence-electron chi connectivity index (χ2n) is 7.12. The second-order valence-corrected chi connectivity index (χ2v) is 7.12. The zero-order chi connectivity index (χ0) is 20.1. The molecule has 0 aromatic carbocycles. The van der Waals surface area contributed by atoms with Crippen molar-refractivity contribution in [1.29, 1.82) is 0 Å². The van der Waals surface area contributed by atoms with Gasteiger partial charge in [-0.2, -0.15) is 4.98 Å². The van der Waals surface area contributed by atoms with Crippen molar-refractivity contribution < 1.29 is 0 Å². The van der Waals surface area contributed by atoms with Crippen LogP contribution in [-0.4, -0.2) is 45.1 Å². The highest BCUT2D eigenvalue weighted by Crippen LogP contribution is 2.18. The Morgan fingerprint density at radius 3 is 2.71 bits per heavy atom. The van der Waals surface area contributed by atoms with Gasteiger partial charge in [-0.25, -0.2) is 4.98 Å². The highest BCUT2D eigenvalue weighted by molar-refractivity contribution is 5.89. The highest BCUT2D eigenvalue weighted by atomic mass is 16.1. The van der Waals surface area contributed by atoms with Gasteiger partial charge in [-0.15, -0.1) is 0 Å². The molecule has 3 aromatic heterocycles. The number of fused-ring (bicyclic) bond motifs is 1. The average molecular weight is 381 g/mol. The van der Waals surface area contributed by atoms with Crippen LogP contribution in [0.2, 0.25) is 0 Å². The summed E-state index contributed by atoms with van der Waals surface area (Å²) in [4.78, 5) is 28.1. The fourth-order valence-electron chi connectivity index (χ4n) is 3.02. The van der Waals surface area contributed by atoms with E-state index in [0.717, 1.165) is 37.2 Å². The topological polar surface area (TPSA) is 102 Å². The molecule has 0 fully saturated rings. The van der Waals surface area contributed by atoms with E-state index in [9.17, 15) is 4.79 Å². The molecular formula is C20H27N7O. The first-order valence-corrected chi connectivity index (χ1v) is 9.47. The fraction of sp³-hybridized carbons (Fsp3) is 0.400. The first-order chi connectivity index (χ1) is 13.5. The van der Waals surface area contributed by atoms with Gasteiger partial charge < -0.3 is 20.5 Å². The van der Waals surface area contributed by atoms with Crippen LogP contribution in [0.1, 0.15) is 31.0 Å². The van der Waals surface area contributed by atoms with Gasteiger partial charge in [0.25, 0.3) is 5.56 Å². The van der Waals surface area contributed by atoms with Gasteiger partial charge in [-0.3, -0.25) is 9.78 Å². The number of rotatable bonds is 8. The average Bonchev–Trinajstić information content (AvgIpc) is 2.65. The molecule has 8 nitrogen and oxygen atoms in total. The Bertz CT molecular complexity index is 996. The van der Waals surface area contributed by atoms with E-state index in [0.29, 0.717) is 23.3 Å². The predicted octanol–water partition coefficient (Wildman–Crippen LogP) is 2.09. The monoisotopic (exact) mass is 381 g/mol. The van der Waals surface area contributed by atoms with Gasteiger partial charge in [0.15, 0.2) is 0 Å². The Morgan fingerprint density at radius 1 is 1.21 bits per heavy atom. The van der Waals surface area contributed by atoms with Crippen molar-refractivity contribution in [1.82, 2.24) is 24.4 Å². The maximum atomic E-state index is 13.1. The molecule has 0 aliphatic heterocycles. The van der Waals surface area contributed by atoms with Crippen LogP contribution in [0.25, 0.3) is 10.9 Å². The lowest BCUT2D eigenvalue weighted by atomic mass is 10.2. The van der Waals surface area contributed by atoms with Gasteiger partial charge in [0, 0.05) is 25.5 Å². The molecule has 0 saturated carbocycles. The molecule has 0 amide bonds. The molecule has 0 spiro atoms. The van der Waals surface area contributed by atoms with Gasteiger partial charge in [-0.1, -0.05) is 19.4 Å². The minimum Gasteiger partial charge on any atom is -0.369 e. The van der Waals surface area contributed by atoms with Gasteiger partial charge in [0.05, 0.1) is 17.8 Å². The third-order valence-corrected chi connectivity index (χ3v) is 4.38. The zero-order valence-electron chi connectivity index (χ0n) is 16.6. The van der Waals surface area contributed by atoms with Crippen molar-refractivity contribution >= 4 is 22.7 Å². The Hall–Kier alpha value is -3.00. The molecule has 0 bridgehead atoms. The van der Waals surface area contributed by atoms with Crippen molar-refractivity contribution in [2.24, 2.45) is 0 Å². The van der Waals surface area contributed by atoms with E-state index in [-0.39, 0.29) is 11.5 Å². The standard InChI is InChI=1S/C20H27N7O/c1-4-5-9-22-18-17-16(24-20(21)25-18)8-10-27(19(17)28)13-15-7-6-14(11-23-15)12-26(2)3/h6-8,10-11H,4-5,9,12-13H2,1-3H3,(H3,21,22,24,25). The zero-order valence-corrected chi connectivity index (χ0v) is 16.6. The molecule has 3 heterocycles. The van der Waals surface area contributed by atoms with Crippen LogP contribution < -0.4 is 16.6 Å². The third kappa shape index (κ3) is 4.64. The van der Waals surface area contributed by atoms with E-state index in [4.69, 9.17) is 5.73 Å². The molecule has 0 aliphatic carbocycles. The van der Waals surface area contributed by atoms with Crippen LogP contribution >= 0.6 is 0 Å². The number of pyridine rings is 2. The lowest BCUT2D eigenvalue weighted by Crippen LogP contribution is -2.23. The van der Waals surface area contributed by atoms with Gasteiger partial charge in [-0.05, 0) is 38.2 Å². The lowest BCUT2D eigenvalue weighted by molar-refractivity contribution is 0.402. The number of nitrogens with two attached hydrogens (primary N) is 1. The Morgan fingerprint density at radius 2 is 2.04 bits per heavy atom. The van der Waals surface area contributed by atoms with Gasteiger partial charge >= 0.3 is 0 Å². The molecule has 28 heavy (non-hydrogen) atoms. The summed E-state index contributed by atoms with van der Waals surface area (Å²) in [6, 6.07) is 5.78. The maximum Gasteiger partial charge on any atom is 0.264 e. The third-order valence-electron chi connectivity index (χ3n) is 4.38. The molecule has 3 rings (SSSR count). The van der Waals surface area contributed by atoms with Crippen LogP contribution in [0, 0.1) is 0 Å². The minimum absolute atomic E-state index is 0.154. The number of unbranched alkanes of at least 4 members (excludes halogenated alkanes) is 1. The van der Waals surface area contributed by atoms with Crippen LogP contribution in [0.3, 0.4) is 0 Å². The van der Waals surface area contributed by atoms with Crippen molar-refractivity contribution in [3.8, 4) is 0 Å². The van der Waals surface area contributed by atoms with Crippen molar-refractivity contribution in [3.63, 3.8) is 0 Å². The Labute approximate surface area is 164 Å². The number of hydrogen-bond donors (Lipinski definition) is 2. The van der Waals surface area contributed by atoms with Crippen LogP contribution in [0.15, 0.2) is 35.4 Å². The maximum absolute atomic E-state index is 13.1. The van der Waals surface area contributed by atoms with E-state index >= 15 is 0 Å². The van der Waals surface area contributed by atoms with Crippen LogP contribution in [0.5, 0.6) is 0 Å². The van der Waals surface area contributed by atoms with Gasteiger partial charge in [0.1, 0.15) is 11.2 Å². The molecule has 3 N–H and O–H groups in total. The molecule has 8 heteroatoms. The molecule has 148 valence electrons. The summed E-state index contributed by atoms with van der Waals surface area (Å²) < 4.78 is 1.63. The molecule has 0 unspecified atom stereocenters. The number of hydrogen-bond acceptors (Lipinski definition) is 7. The summed E-state index contributed by atoms with van der Waals surface area (Å²) in [5.41, 5.74) is 8.14. The summed E-state index contributed by atoms with van der Waals surface area (Å²) in [6.45, 7) is 4.05. The number of nitrogen functional groups attached to an aromatic ring is 1. The van der Waals surface area contributed by atoms with Crippen LogP contribution in [-0.2, 0) is 13.1 Å². The fourth-order valence-corrected chi connectivity index (χ4v) is 3.02. The molecule has 0 atom stereocenters. The Balaban J connectivity index is 1.91. The number of nitrogens with one attached hydrogen (secondary N) is 1. The van der Waals surface area contributed by atoms with Gasteiger partial charge in [0.2, 0.25) is 5.95 Å². The second kappa shape index (κ2) is 8.79. The van der Waals surface area contributed by atoms with E-state index in [2.05, 4.69) is 32.1 Å². The first-order valence-electron chi connectivity index (χ1n) is 9.47. The molecule has 0 radical (unpaired) electrons. The number of nitrogens with zero attached hydrogens (tertiary/aromatic N) is 5. The highest BCUT2D eigenvalue weighted by Gasteiger charge is 2.12. The molecular weight excluding hydrogens is 354 g/mol. The quantitative estimate of drug-likeness (QED) is 0.576. The number of aromatic nitrogens is 4. The lowest BCUT2D eigenvalue weighted by Gasteiger charge is -2.12. The summed E-state index contributed by atoms with van der Waals surface area (Å²) in [7, 11) is 4.03. The SMILES string of the molecule is CCCCNc1nc(N)nc2ccn(Cc3ccc(CN(C)C)cn3)c(=O)c12. The smallest absolute Gasteiger partial charge is 0.264 e. The summed E-state index contributed by atoms with van der Waals surface area (Å²) in [5.74, 6) is 0.645. The van der Waals surface area contributed by atoms with E-state index < -0.39 is 0 Å². The number of anilines is 2. The summed E-state index contributed by atoms with van der Waals surface area (Å²) in [6.07, 6.45) is 5.60.